The van der Waals surface area contributed by atoms with Crippen molar-refractivity contribution in [2.24, 2.45) is 0 Å². The fourth-order valence-electron chi connectivity index (χ4n) is 15.2. The Morgan fingerprint density at radius 3 is 0.699 bits per heavy atom. The lowest BCUT2D eigenvalue weighted by molar-refractivity contribution is 0.685. The van der Waals surface area contributed by atoms with Crippen LogP contribution in [0, 0.1) is 0 Å². The van der Waals surface area contributed by atoms with Crippen LogP contribution in [-0.2, 0) is 103 Å². The first-order chi connectivity index (χ1) is 51.2. The predicted molar refractivity (Wildman–Crippen MR) is 447 cm³/mol. The summed E-state index contributed by atoms with van der Waals surface area (Å²) in [5.41, 5.74) is 30.0. The summed E-state index contributed by atoms with van der Waals surface area (Å²) in [6, 6.07) is 86.8. The van der Waals surface area contributed by atoms with Crippen LogP contribution in [0.4, 0.5) is 0 Å². The quantitative estimate of drug-likeness (QED) is 0.105. The summed E-state index contributed by atoms with van der Waals surface area (Å²) < 4.78 is 0. The van der Waals surface area contributed by atoms with Crippen LogP contribution in [0.5, 0.6) is 0 Å². The molecule has 0 unspecified atom stereocenters. The molecule has 0 N–H and O–H groups in total. The highest BCUT2D eigenvalue weighted by Gasteiger charge is 2.11. The number of rotatable bonds is 0. The molecule has 10 aromatic carbocycles. The van der Waals surface area contributed by atoms with Gasteiger partial charge in [0.05, 0.1) is 0 Å². The molecule has 0 saturated heterocycles. The Bertz CT molecular complexity index is 4150. The Hall–Kier alpha value is -9.62. The first-order valence-corrected chi connectivity index (χ1v) is 39.5. The Labute approximate surface area is 621 Å². The Balaban J connectivity index is 0.000000115. The molecule has 10 aromatic rings. The lowest BCUT2D eigenvalue weighted by Crippen LogP contribution is -2.00. The monoisotopic (exact) mass is 1350 g/mol. The Morgan fingerprint density at radius 2 is 0.340 bits per heavy atom. The predicted octanol–water partition coefficient (Wildman–Crippen LogP) is 26.5. The number of hydrogen-bond donors (Lipinski definition) is 0. The largest absolute Gasteiger partial charge is 0.0879 e. The fourth-order valence-corrected chi connectivity index (χ4v) is 15.2. The van der Waals surface area contributed by atoms with Gasteiger partial charge in [0.15, 0.2) is 0 Å². The van der Waals surface area contributed by atoms with Crippen LogP contribution < -0.4 is 0 Å². The highest BCUT2D eigenvalue weighted by molar-refractivity contribution is 5.60. The van der Waals surface area contributed by atoms with Gasteiger partial charge in [-0.3, -0.25) is 0 Å². The average Bonchev–Trinajstić information content (AvgIpc) is 1.74. The van der Waals surface area contributed by atoms with E-state index < -0.39 is 0 Å². The molecule has 0 aliphatic heterocycles. The third kappa shape index (κ3) is 25.1. The van der Waals surface area contributed by atoms with Gasteiger partial charge < -0.3 is 0 Å². The van der Waals surface area contributed by atoms with Crippen LogP contribution >= 0.6 is 0 Å². The molecule has 103 heavy (non-hydrogen) atoms. The van der Waals surface area contributed by atoms with E-state index >= 15 is 0 Å². The van der Waals surface area contributed by atoms with E-state index in [-0.39, 0.29) is 0 Å². The summed E-state index contributed by atoms with van der Waals surface area (Å²) in [6.07, 6.45) is 67.9. The van der Waals surface area contributed by atoms with Crippen LogP contribution in [-0.4, -0.2) is 0 Å². The molecule has 524 valence electrons. The maximum atomic E-state index is 2.28. The number of benzene rings is 10. The molecule has 0 saturated carbocycles. The van der Waals surface area contributed by atoms with Gasteiger partial charge >= 0.3 is 0 Å². The lowest BCUT2D eigenvalue weighted by Gasteiger charge is -2.13. The molecular weight excluding hydrogens is 1240 g/mol. The van der Waals surface area contributed by atoms with Crippen molar-refractivity contribution >= 4 is 24.3 Å². The van der Waals surface area contributed by atoms with Gasteiger partial charge in [-0.05, 0) is 291 Å². The van der Waals surface area contributed by atoms with Gasteiger partial charge in [-0.1, -0.05) is 334 Å². The molecule has 10 aliphatic rings. The van der Waals surface area contributed by atoms with E-state index in [1.165, 1.54) is 232 Å². The number of hydrogen-bond acceptors (Lipinski definition) is 0. The first kappa shape index (κ1) is 74.6. The van der Waals surface area contributed by atoms with Gasteiger partial charge in [-0.15, -0.1) is 0 Å². The highest BCUT2D eigenvalue weighted by Crippen LogP contribution is 2.26. The molecule has 0 radical (unpaired) electrons. The van der Waals surface area contributed by atoms with Crippen LogP contribution in [0.25, 0.3) is 24.3 Å². The van der Waals surface area contributed by atoms with Crippen molar-refractivity contribution in [3.05, 3.63) is 415 Å². The van der Waals surface area contributed by atoms with Crippen molar-refractivity contribution in [2.45, 2.75) is 186 Å². The third-order valence-electron chi connectivity index (χ3n) is 21.1. The summed E-state index contributed by atoms with van der Waals surface area (Å²) in [6.45, 7) is 0. The second kappa shape index (κ2) is 43.4. The van der Waals surface area contributed by atoms with E-state index in [2.05, 4.69) is 328 Å². The Kier molecular flexibility index (Phi) is 31.4. The van der Waals surface area contributed by atoms with Crippen molar-refractivity contribution < 1.29 is 0 Å². The first-order valence-electron chi connectivity index (χ1n) is 39.5. The molecule has 0 aromatic heterocycles. The standard InChI is InChI=1S/C11H14.4C11H12.C10H12.2C10H10.C9H10.C9H8/c5*1-2-6-10-8-4-5-9-11(10)7-3-1;3*1-2-6-10-8-4-3-7-9(10)5-1;2*1-2-5-9-7-3-6-8(9)4-1/h4-5,8-9H,1-3,6-7H2;2*2,4-6,8-9H,1,3,7H2;2*1-2,4-5,8-9H,3,6-7H2;1-2,5-6H,3-4,7-8H2;1-3,5-7H,4,8H2;1-6H,7-8H2;1-2,4-5H,3,6-7H2;1-6H,7H2. The van der Waals surface area contributed by atoms with E-state index in [1.54, 1.807) is 33.4 Å². The maximum absolute atomic E-state index is 2.28. The topological polar surface area (TPSA) is 0 Å². The number of fused-ring (bicyclic) bond motifs is 10. The van der Waals surface area contributed by atoms with E-state index in [4.69, 9.17) is 0 Å². The summed E-state index contributed by atoms with van der Waals surface area (Å²) in [5.74, 6) is 0. The molecule has 0 bridgehead atoms. The second-order valence-corrected chi connectivity index (χ2v) is 28.5. The van der Waals surface area contributed by atoms with Gasteiger partial charge in [0.1, 0.15) is 0 Å². The zero-order chi connectivity index (χ0) is 70.2. The average molecular weight is 1350 g/mol. The van der Waals surface area contributed by atoms with Gasteiger partial charge in [0.25, 0.3) is 0 Å². The third-order valence-corrected chi connectivity index (χ3v) is 21.1. The molecule has 0 spiro atoms. The van der Waals surface area contributed by atoms with Crippen molar-refractivity contribution in [1.29, 1.82) is 0 Å². The minimum Gasteiger partial charge on any atom is -0.0879 e. The summed E-state index contributed by atoms with van der Waals surface area (Å²) >= 11 is 0. The summed E-state index contributed by atoms with van der Waals surface area (Å²) in [7, 11) is 0. The van der Waals surface area contributed by atoms with E-state index in [9.17, 15) is 0 Å². The van der Waals surface area contributed by atoms with Gasteiger partial charge in [-0.2, -0.15) is 0 Å². The molecule has 20 rings (SSSR count). The van der Waals surface area contributed by atoms with E-state index in [0.29, 0.717) is 0 Å². The molecule has 0 heterocycles. The van der Waals surface area contributed by atoms with Gasteiger partial charge in [0.2, 0.25) is 0 Å². The summed E-state index contributed by atoms with van der Waals surface area (Å²) in [5, 5.41) is 0. The van der Waals surface area contributed by atoms with Crippen molar-refractivity contribution in [3.63, 3.8) is 0 Å². The second-order valence-electron chi connectivity index (χ2n) is 28.5. The van der Waals surface area contributed by atoms with Crippen molar-refractivity contribution in [1.82, 2.24) is 0 Å². The normalized spacial score (nSPS) is 15.5. The number of aryl methyl sites for hydroxylation is 11. The molecule has 0 amide bonds. The smallest absolute Gasteiger partial charge is 0.00882 e. The lowest BCUT2D eigenvalue weighted by atomic mass is 9.92. The van der Waals surface area contributed by atoms with E-state index in [0.717, 1.165) is 32.1 Å². The fraction of sp³-hybridized carbons (Fsp3) is 0.282. The molecule has 0 atom stereocenters. The molecule has 10 aliphatic carbocycles. The van der Waals surface area contributed by atoms with Crippen LogP contribution in [0.15, 0.2) is 303 Å². The maximum Gasteiger partial charge on any atom is -0.00882 e. The molecule has 0 heteroatoms. The Morgan fingerprint density at radius 1 is 0.126 bits per heavy atom. The zero-order valence-electron chi connectivity index (χ0n) is 61.7. The molecule has 0 nitrogen and oxygen atoms in total. The van der Waals surface area contributed by atoms with E-state index in [1.807, 2.05) is 0 Å². The van der Waals surface area contributed by atoms with Crippen LogP contribution in [0.2, 0.25) is 0 Å². The van der Waals surface area contributed by atoms with Crippen molar-refractivity contribution in [3.8, 4) is 0 Å². The summed E-state index contributed by atoms with van der Waals surface area (Å²) in [4.78, 5) is 0. The van der Waals surface area contributed by atoms with Gasteiger partial charge in [0, 0.05) is 0 Å². The number of allylic oxidation sites excluding steroid dienone is 10. The highest BCUT2D eigenvalue weighted by atomic mass is 14.2. The minimum atomic E-state index is 1.12. The van der Waals surface area contributed by atoms with Gasteiger partial charge in [-0.25, -0.2) is 0 Å². The molecule has 0 fully saturated rings. The van der Waals surface area contributed by atoms with Crippen LogP contribution in [0.3, 0.4) is 0 Å². The minimum absolute atomic E-state index is 1.12. The SMILES string of the molecule is C1=CCc2ccccc2C1.C1=CCc2ccccc2CC1.C1=CCc2ccccc2CC1.C1=Cc2ccccc2C1.C1=Cc2ccccc2CC1.C1=Cc2ccccc2CCC1.C1=Cc2ccccc2CCC1.c1ccc2c(c1)CCC2.c1ccc2c(c1)CCCC2.c1ccc2c(c1)CCCCC2. The zero-order valence-corrected chi connectivity index (χ0v) is 61.7. The molecular formula is C103H112. The van der Waals surface area contributed by atoms with Crippen LogP contribution in [0.1, 0.15) is 195 Å². The van der Waals surface area contributed by atoms with Crippen molar-refractivity contribution in [2.75, 3.05) is 0 Å².